The molecule has 0 aliphatic carbocycles. The smallest absolute Gasteiger partial charge is 0.195 e. The lowest BCUT2D eigenvalue weighted by Gasteiger charge is -2.08. The van der Waals surface area contributed by atoms with Gasteiger partial charge in [-0.05, 0) is 49.4 Å². The van der Waals surface area contributed by atoms with E-state index in [1.54, 1.807) is 0 Å². The normalized spacial score (nSPS) is 10.9. The van der Waals surface area contributed by atoms with Gasteiger partial charge in [-0.2, -0.15) is 0 Å². The lowest BCUT2D eigenvalue weighted by molar-refractivity contribution is 0.610. The van der Waals surface area contributed by atoms with Crippen molar-refractivity contribution in [1.82, 2.24) is 0 Å². The van der Waals surface area contributed by atoms with Crippen molar-refractivity contribution in [3.05, 3.63) is 58.5 Å². The second-order valence-electron chi connectivity index (χ2n) is 5.46. The van der Waals surface area contributed by atoms with Gasteiger partial charge in [0.15, 0.2) is 5.43 Å². The fourth-order valence-corrected chi connectivity index (χ4v) is 2.48. The van der Waals surface area contributed by atoms with E-state index in [9.17, 15) is 9.18 Å². The molecular formula is C18H18FN3O2. The molecule has 0 saturated heterocycles. The molecule has 6 heteroatoms. The second-order valence-corrected chi connectivity index (χ2v) is 5.46. The molecule has 0 radical (unpaired) electrons. The van der Waals surface area contributed by atoms with Gasteiger partial charge < -0.3 is 21.2 Å². The minimum absolute atomic E-state index is 0.0684. The summed E-state index contributed by atoms with van der Waals surface area (Å²) >= 11 is 0. The van der Waals surface area contributed by atoms with E-state index in [1.807, 2.05) is 24.3 Å². The predicted octanol–water partition coefficient (Wildman–Crippen LogP) is 2.94. The first-order valence-electron chi connectivity index (χ1n) is 7.66. The maximum Gasteiger partial charge on any atom is 0.195 e. The Hall–Kier alpha value is -2.86. The average Bonchev–Trinajstić information content (AvgIpc) is 2.59. The van der Waals surface area contributed by atoms with Crippen LogP contribution in [0.3, 0.4) is 0 Å². The van der Waals surface area contributed by atoms with Gasteiger partial charge in [-0.1, -0.05) is 0 Å². The molecule has 1 aromatic heterocycles. The molecule has 24 heavy (non-hydrogen) atoms. The molecule has 5 nitrogen and oxygen atoms in total. The van der Waals surface area contributed by atoms with E-state index in [-0.39, 0.29) is 22.1 Å². The van der Waals surface area contributed by atoms with Gasteiger partial charge in [0.05, 0.1) is 11.1 Å². The molecule has 0 unspecified atom stereocenters. The van der Waals surface area contributed by atoms with Crippen molar-refractivity contribution in [2.75, 3.05) is 24.1 Å². The van der Waals surface area contributed by atoms with E-state index in [0.717, 1.165) is 24.2 Å². The van der Waals surface area contributed by atoms with Crippen molar-refractivity contribution in [1.29, 1.82) is 0 Å². The highest BCUT2D eigenvalue weighted by atomic mass is 19.1. The van der Waals surface area contributed by atoms with Crippen LogP contribution in [-0.2, 0) is 0 Å². The van der Waals surface area contributed by atoms with Gasteiger partial charge in [-0.3, -0.25) is 4.79 Å². The molecule has 0 bridgehead atoms. The zero-order valence-electron chi connectivity index (χ0n) is 13.0. The van der Waals surface area contributed by atoms with E-state index in [2.05, 4.69) is 5.32 Å². The number of nitrogens with two attached hydrogens (primary N) is 2. The molecule has 0 aliphatic rings. The van der Waals surface area contributed by atoms with Crippen LogP contribution in [0.25, 0.3) is 22.3 Å². The molecule has 3 rings (SSSR count). The summed E-state index contributed by atoms with van der Waals surface area (Å²) in [4.78, 5) is 12.3. The summed E-state index contributed by atoms with van der Waals surface area (Å²) in [6, 6.07) is 11.4. The number of hydrogen-bond donors (Lipinski definition) is 3. The van der Waals surface area contributed by atoms with Crippen LogP contribution in [0.15, 0.2) is 51.7 Å². The highest BCUT2D eigenvalue weighted by molar-refractivity contribution is 5.90. The van der Waals surface area contributed by atoms with Crippen LogP contribution in [0, 0.1) is 5.82 Å². The van der Waals surface area contributed by atoms with Gasteiger partial charge in [0.25, 0.3) is 0 Å². The summed E-state index contributed by atoms with van der Waals surface area (Å²) in [6.07, 6.45) is 0.888. The molecule has 0 atom stereocenters. The lowest BCUT2D eigenvalue weighted by Crippen LogP contribution is -2.08. The number of fused-ring (bicyclic) bond motifs is 1. The summed E-state index contributed by atoms with van der Waals surface area (Å²) in [5.74, 6) is -0.220. The molecule has 124 valence electrons. The fraction of sp³-hybridized carbons (Fsp3) is 0.167. The highest BCUT2D eigenvalue weighted by Gasteiger charge is 2.12. The molecule has 0 saturated carbocycles. The third kappa shape index (κ3) is 3.09. The molecule has 5 N–H and O–H groups in total. The van der Waals surface area contributed by atoms with Crippen molar-refractivity contribution in [3.8, 4) is 11.3 Å². The molecule has 0 amide bonds. The van der Waals surface area contributed by atoms with Gasteiger partial charge in [0.2, 0.25) is 0 Å². The number of rotatable bonds is 5. The largest absolute Gasteiger partial charge is 0.456 e. The van der Waals surface area contributed by atoms with Gasteiger partial charge in [0, 0.05) is 23.9 Å². The quantitative estimate of drug-likeness (QED) is 0.495. The van der Waals surface area contributed by atoms with E-state index in [0.29, 0.717) is 12.3 Å². The number of halogens is 1. The van der Waals surface area contributed by atoms with Crippen LogP contribution in [0.2, 0.25) is 0 Å². The molecule has 2 aromatic carbocycles. The summed E-state index contributed by atoms with van der Waals surface area (Å²) in [5.41, 5.74) is 12.5. The van der Waals surface area contributed by atoms with Crippen LogP contribution >= 0.6 is 0 Å². The zero-order valence-corrected chi connectivity index (χ0v) is 13.0. The molecule has 0 fully saturated rings. The van der Waals surface area contributed by atoms with Gasteiger partial charge >= 0.3 is 0 Å². The number of hydrogen-bond acceptors (Lipinski definition) is 5. The van der Waals surface area contributed by atoms with Crippen molar-refractivity contribution >= 4 is 22.3 Å². The molecule has 3 aromatic rings. The summed E-state index contributed by atoms with van der Waals surface area (Å²) in [5, 5.41) is 3.32. The zero-order chi connectivity index (χ0) is 17.1. The first kappa shape index (κ1) is 16.0. The first-order valence-corrected chi connectivity index (χ1v) is 7.66. The third-order valence-electron chi connectivity index (χ3n) is 3.76. The number of nitrogens with one attached hydrogen (secondary N) is 1. The topological polar surface area (TPSA) is 94.3 Å². The Morgan fingerprint density at radius 1 is 1.12 bits per heavy atom. The Kier molecular flexibility index (Phi) is 4.48. The Labute approximate surface area is 138 Å². The maximum absolute atomic E-state index is 13.5. The Balaban J connectivity index is 1.95. The van der Waals surface area contributed by atoms with E-state index < -0.39 is 5.82 Å². The van der Waals surface area contributed by atoms with Crippen LogP contribution in [-0.4, -0.2) is 13.1 Å². The van der Waals surface area contributed by atoms with Gasteiger partial charge in [0.1, 0.15) is 17.2 Å². The van der Waals surface area contributed by atoms with E-state index >= 15 is 0 Å². The average molecular weight is 327 g/mol. The number of anilines is 2. The Morgan fingerprint density at radius 2 is 1.88 bits per heavy atom. The summed E-state index contributed by atoms with van der Waals surface area (Å²) in [6.45, 7) is 1.43. The lowest BCUT2D eigenvalue weighted by atomic mass is 10.1. The van der Waals surface area contributed by atoms with Crippen molar-refractivity contribution in [3.63, 3.8) is 0 Å². The van der Waals surface area contributed by atoms with Gasteiger partial charge in [-0.25, -0.2) is 4.39 Å². The third-order valence-corrected chi connectivity index (χ3v) is 3.76. The molecule has 1 heterocycles. The Bertz CT molecular complexity index is 920. The minimum Gasteiger partial charge on any atom is -0.456 e. The Morgan fingerprint density at radius 3 is 2.58 bits per heavy atom. The van der Waals surface area contributed by atoms with Crippen molar-refractivity contribution < 1.29 is 8.81 Å². The molecule has 0 spiro atoms. The van der Waals surface area contributed by atoms with Crippen LogP contribution in [0.4, 0.5) is 15.8 Å². The number of benzene rings is 2. The first-order chi connectivity index (χ1) is 11.6. The van der Waals surface area contributed by atoms with Gasteiger partial charge in [-0.15, -0.1) is 0 Å². The minimum atomic E-state index is -0.629. The SMILES string of the molecule is NCCCNc1ccc(-c2cc(=O)c3c(N)c(F)ccc3o2)cc1. The second kappa shape index (κ2) is 6.72. The molecule has 0 aliphatic heterocycles. The van der Waals surface area contributed by atoms with Crippen LogP contribution < -0.4 is 22.2 Å². The summed E-state index contributed by atoms with van der Waals surface area (Å²) in [7, 11) is 0. The summed E-state index contributed by atoms with van der Waals surface area (Å²) < 4.78 is 19.2. The van der Waals surface area contributed by atoms with Crippen molar-refractivity contribution in [2.45, 2.75) is 6.42 Å². The fourth-order valence-electron chi connectivity index (χ4n) is 2.48. The number of nitrogen functional groups attached to an aromatic ring is 1. The standard InChI is InChI=1S/C18H18FN3O2/c19-13-6-7-15-17(18(13)21)14(23)10-16(24-15)11-2-4-12(5-3-11)22-9-1-8-20/h2-7,10,22H,1,8-9,20-21H2. The highest BCUT2D eigenvalue weighted by Crippen LogP contribution is 2.27. The monoisotopic (exact) mass is 327 g/mol. The van der Waals surface area contributed by atoms with Crippen LogP contribution in [0.1, 0.15) is 6.42 Å². The van der Waals surface area contributed by atoms with Crippen LogP contribution in [0.5, 0.6) is 0 Å². The van der Waals surface area contributed by atoms with E-state index in [4.69, 9.17) is 15.9 Å². The molecular weight excluding hydrogens is 309 g/mol. The predicted molar refractivity (Wildman–Crippen MR) is 94.5 cm³/mol. The van der Waals surface area contributed by atoms with Crippen molar-refractivity contribution in [2.24, 2.45) is 5.73 Å². The maximum atomic E-state index is 13.5. The van der Waals surface area contributed by atoms with E-state index in [1.165, 1.54) is 18.2 Å².